The van der Waals surface area contributed by atoms with Gasteiger partial charge in [0.2, 0.25) is 10.0 Å². The molecule has 1 spiro atoms. The molecule has 2 fully saturated rings. The van der Waals surface area contributed by atoms with Crippen LogP contribution in [0, 0.1) is 5.41 Å². The van der Waals surface area contributed by atoms with Crippen molar-refractivity contribution in [3.8, 4) is 17.2 Å². The second-order valence-electron chi connectivity index (χ2n) is 8.39. The van der Waals surface area contributed by atoms with Crippen LogP contribution < -0.4 is 9.47 Å². The summed E-state index contributed by atoms with van der Waals surface area (Å²) in [6.07, 6.45) is 9.29. The van der Waals surface area contributed by atoms with Crippen LogP contribution in [0.25, 0.3) is 5.69 Å². The average molecular weight is 450 g/mol. The second-order valence-corrected chi connectivity index (χ2v) is 10.3. The topological polar surface area (TPSA) is 99.4 Å². The Morgan fingerprint density at radius 3 is 2.39 bits per heavy atom. The van der Waals surface area contributed by atoms with Crippen LogP contribution in [0.2, 0.25) is 0 Å². The molecule has 1 aromatic carbocycles. The molecule has 170 valence electrons. The zero-order valence-corrected chi connectivity index (χ0v) is 19.1. The Kier molecular flexibility index (Phi) is 6.47. The van der Waals surface area contributed by atoms with Crippen LogP contribution in [0.1, 0.15) is 58.8 Å². The van der Waals surface area contributed by atoms with Gasteiger partial charge in [0, 0.05) is 25.2 Å². The van der Waals surface area contributed by atoms with Crippen LogP contribution in [0.5, 0.6) is 11.5 Å². The van der Waals surface area contributed by atoms with E-state index in [2.05, 4.69) is 15.5 Å². The summed E-state index contributed by atoms with van der Waals surface area (Å²) in [4.78, 5) is 0.141. The standard InChI is InChI=1S/C21H31N5O4S/c1-3-29-18-14-20(19(30-4-2)13-17(18)26-16-22-23-24-26)31(27,28)25-12-8-11-21(15-25)9-6-5-7-10-21/h13-14,16H,3-12,15H2,1-2H3. The molecule has 10 heteroatoms. The van der Waals surface area contributed by atoms with Gasteiger partial charge in [0.05, 0.1) is 13.2 Å². The van der Waals surface area contributed by atoms with Gasteiger partial charge in [-0.05, 0) is 55.4 Å². The van der Waals surface area contributed by atoms with Crippen molar-refractivity contribution in [2.75, 3.05) is 26.3 Å². The van der Waals surface area contributed by atoms with E-state index >= 15 is 0 Å². The quantitative estimate of drug-likeness (QED) is 0.640. The fraction of sp³-hybridized carbons (Fsp3) is 0.667. The van der Waals surface area contributed by atoms with Crippen LogP contribution in [-0.4, -0.2) is 59.2 Å². The Balaban J connectivity index is 1.75. The van der Waals surface area contributed by atoms with Crippen molar-refractivity contribution in [3.63, 3.8) is 0 Å². The molecule has 2 aromatic rings. The SMILES string of the molecule is CCOc1cc(S(=O)(=O)N2CCCC3(CCCCC3)C2)c(OCC)cc1-n1cnnn1. The van der Waals surface area contributed by atoms with E-state index in [9.17, 15) is 8.42 Å². The van der Waals surface area contributed by atoms with Gasteiger partial charge >= 0.3 is 0 Å². The monoisotopic (exact) mass is 449 g/mol. The molecule has 0 N–H and O–H groups in total. The van der Waals surface area contributed by atoms with Crippen molar-refractivity contribution >= 4 is 10.0 Å². The molecule has 0 bridgehead atoms. The Morgan fingerprint density at radius 1 is 1.00 bits per heavy atom. The minimum atomic E-state index is -3.75. The number of hydrogen-bond donors (Lipinski definition) is 0. The normalized spacial score (nSPS) is 19.4. The summed E-state index contributed by atoms with van der Waals surface area (Å²) in [5.41, 5.74) is 0.654. The molecule has 1 saturated carbocycles. The Bertz CT molecular complexity index is 982. The molecule has 2 aliphatic rings. The van der Waals surface area contributed by atoms with E-state index in [0.29, 0.717) is 43.5 Å². The number of rotatable bonds is 7. The minimum Gasteiger partial charge on any atom is -0.492 e. The number of benzene rings is 1. The number of ether oxygens (including phenoxy) is 2. The summed E-state index contributed by atoms with van der Waals surface area (Å²) in [5, 5.41) is 11.3. The lowest BCUT2D eigenvalue weighted by molar-refractivity contribution is 0.0963. The number of nitrogens with zero attached hydrogens (tertiary/aromatic N) is 5. The molecule has 4 rings (SSSR count). The summed E-state index contributed by atoms with van der Waals surface area (Å²) >= 11 is 0. The van der Waals surface area contributed by atoms with Crippen LogP contribution in [0.3, 0.4) is 0 Å². The Hall–Kier alpha value is -2.20. The van der Waals surface area contributed by atoms with Crippen LogP contribution >= 0.6 is 0 Å². The van der Waals surface area contributed by atoms with E-state index in [0.717, 1.165) is 25.7 Å². The van der Waals surface area contributed by atoms with Crippen molar-refractivity contribution in [1.29, 1.82) is 0 Å². The molecule has 0 atom stereocenters. The van der Waals surface area contributed by atoms with Gasteiger partial charge in [-0.3, -0.25) is 0 Å². The number of hydrogen-bond acceptors (Lipinski definition) is 7. The van der Waals surface area contributed by atoms with Crippen LogP contribution in [0.4, 0.5) is 0 Å². The third-order valence-electron chi connectivity index (χ3n) is 6.38. The zero-order chi connectivity index (χ0) is 21.9. The first-order chi connectivity index (χ1) is 15.0. The second kappa shape index (κ2) is 9.12. The van der Waals surface area contributed by atoms with Gasteiger partial charge in [-0.1, -0.05) is 19.3 Å². The average Bonchev–Trinajstić information content (AvgIpc) is 3.30. The van der Waals surface area contributed by atoms with Gasteiger partial charge in [0.25, 0.3) is 0 Å². The van der Waals surface area contributed by atoms with Gasteiger partial charge in [-0.2, -0.15) is 8.99 Å². The fourth-order valence-corrected chi connectivity index (χ4v) is 6.66. The smallest absolute Gasteiger partial charge is 0.246 e. The molecule has 1 saturated heterocycles. The number of sulfonamides is 1. The number of piperidine rings is 1. The first-order valence-corrected chi connectivity index (χ1v) is 12.6. The molecule has 0 amide bonds. The largest absolute Gasteiger partial charge is 0.492 e. The van der Waals surface area contributed by atoms with Crippen LogP contribution in [0.15, 0.2) is 23.4 Å². The molecule has 0 unspecified atom stereocenters. The molecule has 31 heavy (non-hydrogen) atoms. The summed E-state index contributed by atoms with van der Waals surface area (Å²) < 4.78 is 42.3. The highest BCUT2D eigenvalue weighted by Gasteiger charge is 2.41. The summed E-state index contributed by atoms with van der Waals surface area (Å²) in [7, 11) is -3.75. The minimum absolute atomic E-state index is 0.116. The van der Waals surface area contributed by atoms with Gasteiger partial charge in [0.15, 0.2) is 0 Å². The van der Waals surface area contributed by atoms with Gasteiger partial charge in [-0.25, -0.2) is 8.42 Å². The van der Waals surface area contributed by atoms with Crippen LogP contribution in [-0.2, 0) is 10.0 Å². The highest BCUT2D eigenvalue weighted by Crippen LogP contribution is 2.45. The maximum Gasteiger partial charge on any atom is 0.246 e. The predicted octanol–water partition coefficient (Wildman–Crippen LogP) is 3.19. The molecule has 9 nitrogen and oxygen atoms in total. The third-order valence-corrected chi connectivity index (χ3v) is 8.25. The van der Waals surface area contributed by atoms with E-state index in [1.165, 1.54) is 30.3 Å². The number of tetrazole rings is 1. The zero-order valence-electron chi connectivity index (χ0n) is 18.3. The van der Waals surface area contributed by atoms with Gasteiger partial charge in [-0.15, -0.1) is 5.10 Å². The first-order valence-electron chi connectivity index (χ1n) is 11.2. The van der Waals surface area contributed by atoms with E-state index in [1.807, 2.05) is 13.8 Å². The van der Waals surface area contributed by atoms with E-state index in [-0.39, 0.29) is 10.3 Å². The molecule has 2 heterocycles. The van der Waals surface area contributed by atoms with Gasteiger partial charge < -0.3 is 9.47 Å². The molecule has 1 aromatic heterocycles. The molecular weight excluding hydrogens is 418 g/mol. The molecular formula is C21H31N5O4S. The molecule has 1 aliphatic heterocycles. The Morgan fingerprint density at radius 2 is 1.71 bits per heavy atom. The predicted molar refractivity (Wildman–Crippen MR) is 115 cm³/mol. The first kappa shape index (κ1) is 22.0. The van der Waals surface area contributed by atoms with Crippen molar-refractivity contribution in [3.05, 3.63) is 18.5 Å². The van der Waals surface area contributed by atoms with E-state index < -0.39 is 10.0 Å². The van der Waals surface area contributed by atoms with E-state index in [1.54, 1.807) is 16.4 Å². The van der Waals surface area contributed by atoms with Crippen molar-refractivity contribution in [1.82, 2.24) is 24.5 Å². The highest BCUT2D eigenvalue weighted by atomic mass is 32.2. The highest BCUT2D eigenvalue weighted by molar-refractivity contribution is 7.89. The summed E-state index contributed by atoms with van der Waals surface area (Å²) in [6, 6.07) is 3.21. The van der Waals surface area contributed by atoms with Crippen molar-refractivity contribution < 1.29 is 17.9 Å². The third kappa shape index (κ3) is 4.41. The maximum absolute atomic E-state index is 13.8. The number of aromatic nitrogens is 4. The van der Waals surface area contributed by atoms with Crippen molar-refractivity contribution in [2.24, 2.45) is 5.41 Å². The van der Waals surface area contributed by atoms with Crippen molar-refractivity contribution in [2.45, 2.75) is 63.7 Å². The lowest BCUT2D eigenvalue weighted by Crippen LogP contribution is -2.46. The lowest BCUT2D eigenvalue weighted by Gasteiger charge is -2.44. The summed E-state index contributed by atoms with van der Waals surface area (Å²) in [6.45, 7) is 5.53. The molecule has 1 aliphatic carbocycles. The Labute approximate surface area is 183 Å². The maximum atomic E-state index is 13.8. The fourth-order valence-electron chi connectivity index (χ4n) is 4.94. The van der Waals surface area contributed by atoms with E-state index in [4.69, 9.17) is 9.47 Å². The molecule has 0 radical (unpaired) electrons. The van der Waals surface area contributed by atoms with Gasteiger partial charge in [0.1, 0.15) is 28.4 Å². The lowest BCUT2D eigenvalue weighted by atomic mass is 9.70. The summed E-state index contributed by atoms with van der Waals surface area (Å²) in [5.74, 6) is 0.695.